The molecule has 102 valence electrons. The second-order valence-corrected chi connectivity index (χ2v) is 5.70. The zero-order valence-corrected chi connectivity index (χ0v) is 12.2. The second-order valence-electron chi connectivity index (χ2n) is 4.60. The predicted octanol–water partition coefficient (Wildman–Crippen LogP) is 5.98. The van der Waals surface area contributed by atoms with E-state index in [2.05, 4.69) is 29.8 Å². The number of rotatable bonds is 5. The van der Waals surface area contributed by atoms with Crippen molar-refractivity contribution in [2.75, 3.05) is 0 Å². The smallest absolute Gasteiger partial charge is 0.171 e. The van der Waals surface area contributed by atoms with Crippen molar-refractivity contribution < 1.29 is 13.2 Å². The summed E-state index contributed by atoms with van der Waals surface area (Å²) in [6, 6.07) is 7.84. The predicted molar refractivity (Wildman–Crippen MR) is 72.1 cm³/mol. The monoisotopic (exact) mass is 322 g/mol. The van der Waals surface area contributed by atoms with Crippen LogP contribution in [0.5, 0.6) is 0 Å². The van der Waals surface area contributed by atoms with Crippen LogP contribution in [0.2, 0.25) is 0 Å². The van der Waals surface area contributed by atoms with Crippen LogP contribution in [0.1, 0.15) is 55.0 Å². The summed E-state index contributed by atoms with van der Waals surface area (Å²) in [6.45, 7) is 4.26. The van der Waals surface area contributed by atoms with Gasteiger partial charge in [0.1, 0.15) is 0 Å². The Morgan fingerprint density at radius 1 is 1.11 bits per heavy atom. The van der Waals surface area contributed by atoms with E-state index < -0.39 is 12.6 Å². The Morgan fingerprint density at radius 3 is 2.06 bits per heavy atom. The van der Waals surface area contributed by atoms with Crippen LogP contribution in [0, 0.1) is 0 Å². The van der Waals surface area contributed by atoms with E-state index >= 15 is 0 Å². The molecule has 0 fully saturated rings. The molecule has 0 aromatic heterocycles. The molecule has 0 bridgehead atoms. The van der Waals surface area contributed by atoms with Crippen LogP contribution in [0.4, 0.5) is 13.2 Å². The summed E-state index contributed by atoms with van der Waals surface area (Å²) in [5, 5.41) is 0. The average molecular weight is 323 g/mol. The molecule has 2 unspecified atom stereocenters. The molecule has 1 aromatic carbocycles. The van der Waals surface area contributed by atoms with Gasteiger partial charge in [-0.3, -0.25) is 0 Å². The van der Waals surface area contributed by atoms with Crippen molar-refractivity contribution in [2.24, 2.45) is 0 Å². The van der Waals surface area contributed by atoms with Crippen molar-refractivity contribution in [3.05, 3.63) is 35.4 Å². The minimum Gasteiger partial charge on any atom is -0.171 e. The summed E-state index contributed by atoms with van der Waals surface area (Å²) in [5.41, 5.74) is 2.14. The maximum atomic E-state index is 12.1. The minimum absolute atomic E-state index is 0.0756. The van der Waals surface area contributed by atoms with Gasteiger partial charge in [0.25, 0.3) is 0 Å². The maximum Gasteiger partial charge on any atom is 0.389 e. The van der Waals surface area contributed by atoms with E-state index in [0.717, 1.165) is 12.0 Å². The van der Waals surface area contributed by atoms with Crippen molar-refractivity contribution in [2.45, 2.75) is 50.0 Å². The van der Waals surface area contributed by atoms with Gasteiger partial charge in [0.15, 0.2) is 0 Å². The number of alkyl halides is 4. The lowest BCUT2D eigenvalue weighted by molar-refractivity contribution is -0.135. The topological polar surface area (TPSA) is 0 Å². The first-order valence-corrected chi connectivity index (χ1v) is 7.05. The van der Waals surface area contributed by atoms with E-state index in [1.807, 2.05) is 24.3 Å². The molecule has 0 nitrogen and oxygen atoms in total. The van der Waals surface area contributed by atoms with Gasteiger partial charge in [-0.15, -0.1) is 0 Å². The number of hydrogen-bond acceptors (Lipinski definition) is 0. The first-order chi connectivity index (χ1) is 8.33. The Balaban J connectivity index is 2.62. The average Bonchev–Trinajstić information content (AvgIpc) is 2.34. The van der Waals surface area contributed by atoms with Gasteiger partial charge < -0.3 is 0 Å². The van der Waals surface area contributed by atoms with Crippen LogP contribution in [0.25, 0.3) is 0 Å². The highest BCUT2D eigenvalue weighted by Crippen LogP contribution is 2.33. The van der Waals surface area contributed by atoms with Gasteiger partial charge in [-0.2, -0.15) is 13.2 Å². The Morgan fingerprint density at radius 2 is 1.61 bits per heavy atom. The first kappa shape index (κ1) is 15.5. The quantitative estimate of drug-likeness (QED) is 0.585. The van der Waals surface area contributed by atoms with E-state index in [1.165, 1.54) is 5.56 Å². The molecule has 0 amide bonds. The SMILES string of the molecule is CCC(C)c1ccc(C(Br)CCC(F)(F)F)cc1. The van der Waals surface area contributed by atoms with Gasteiger partial charge in [0, 0.05) is 11.2 Å². The Kier molecular flexibility index (Phi) is 5.70. The van der Waals surface area contributed by atoms with Crippen molar-refractivity contribution in [1.82, 2.24) is 0 Å². The van der Waals surface area contributed by atoms with E-state index in [0.29, 0.717) is 5.92 Å². The van der Waals surface area contributed by atoms with E-state index in [1.54, 1.807) is 0 Å². The van der Waals surface area contributed by atoms with Crippen molar-refractivity contribution >= 4 is 15.9 Å². The largest absolute Gasteiger partial charge is 0.389 e. The molecule has 0 aliphatic carbocycles. The highest BCUT2D eigenvalue weighted by molar-refractivity contribution is 9.09. The lowest BCUT2D eigenvalue weighted by atomic mass is 9.96. The number of benzene rings is 1. The summed E-state index contributed by atoms with van der Waals surface area (Å²) >= 11 is 3.32. The maximum absolute atomic E-state index is 12.1. The third-order valence-electron chi connectivity index (χ3n) is 3.16. The molecule has 0 saturated heterocycles. The standard InChI is InChI=1S/C14H18BrF3/c1-3-10(2)11-4-6-12(7-5-11)13(15)8-9-14(16,17)18/h4-7,10,13H,3,8-9H2,1-2H3. The lowest BCUT2D eigenvalue weighted by Gasteiger charge is -2.14. The molecule has 0 spiro atoms. The third-order valence-corrected chi connectivity index (χ3v) is 4.15. The first-order valence-electron chi connectivity index (χ1n) is 6.14. The van der Waals surface area contributed by atoms with Gasteiger partial charge in [0.05, 0.1) is 0 Å². The number of hydrogen-bond donors (Lipinski definition) is 0. The fourth-order valence-corrected chi connectivity index (χ4v) is 2.26. The molecular weight excluding hydrogens is 305 g/mol. The fraction of sp³-hybridized carbons (Fsp3) is 0.571. The summed E-state index contributed by atoms with van der Waals surface area (Å²) in [5.74, 6) is 0.489. The summed E-state index contributed by atoms with van der Waals surface area (Å²) in [4.78, 5) is -0.231. The minimum atomic E-state index is -4.08. The van der Waals surface area contributed by atoms with E-state index in [4.69, 9.17) is 0 Å². The Hall–Kier alpha value is -0.510. The molecule has 0 aliphatic rings. The molecule has 0 radical (unpaired) electrons. The Labute approximate surface area is 115 Å². The Bertz CT molecular complexity index is 356. The molecule has 1 aromatic rings. The molecule has 0 heterocycles. The van der Waals surface area contributed by atoms with Crippen molar-refractivity contribution in [3.8, 4) is 0 Å². The van der Waals surface area contributed by atoms with Crippen LogP contribution in [0.3, 0.4) is 0 Å². The van der Waals surface area contributed by atoms with Crippen molar-refractivity contribution in [3.63, 3.8) is 0 Å². The van der Waals surface area contributed by atoms with Crippen LogP contribution in [-0.4, -0.2) is 6.18 Å². The van der Waals surface area contributed by atoms with Gasteiger partial charge in [-0.25, -0.2) is 0 Å². The molecular formula is C14H18BrF3. The molecule has 0 saturated carbocycles. The molecule has 1 rings (SSSR count). The van der Waals surface area contributed by atoms with Crippen LogP contribution >= 0.6 is 15.9 Å². The van der Waals surface area contributed by atoms with Crippen LogP contribution in [-0.2, 0) is 0 Å². The summed E-state index contributed by atoms with van der Waals surface area (Å²) in [6.07, 6.45) is -3.70. The molecule has 4 heteroatoms. The summed E-state index contributed by atoms with van der Waals surface area (Å²) in [7, 11) is 0. The highest BCUT2D eigenvalue weighted by atomic mass is 79.9. The lowest BCUT2D eigenvalue weighted by Crippen LogP contribution is -2.08. The summed E-state index contributed by atoms with van der Waals surface area (Å²) < 4.78 is 36.4. The van der Waals surface area contributed by atoms with Crippen LogP contribution in [0.15, 0.2) is 24.3 Å². The van der Waals surface area contributed by atoms with Gasteiger partial charge in [-0.1, -0.05) is 54.0 Å². The zero-order chi connectivity index (χ0) is 13.8. The molecule has 18 heavy (non-hydrogen) atoms. The zero-order valence-electron chi connectivity index (χ0n) is 10.6. The van der Waals surface area contributed by atoms with Crippen molar-refractivity contribution in [1.29, 1.82) is 0 Å². The third kappa shape index (κ3) is 5.01. The molecule has 0 aliphatic heterocycles. The normalized spacial score (nSPS) is 15.4. The second kappa shape index (κ2) is 6.60. The van der Waals surface area contributed by atoms with E-state index in [-0.39, 0.29) is 11.2 Å². The van der Waals surface area contributed by atoms with Gasteiger partial charge >= 0.3 is 6.18 Å². The number of halogens is 4. The van der Waals surface area contributed by atoms with Gasteiger partial charge in [-0.05, 0) is 29.9 Å². The molecule has 2 atom stereocenters. The highest BCUT2D eigenvalue weighted by Gasteiger charge is 2.28. The fourth-order valence-electron chi connectivity index (χ4n) is 1.73. The molecule has 0 N–H and O–H groups in total. The van der Waals surface area contributed by atoms with E-state index in [9.17, 15) is 13.2 Å². The van der Waals surface area contributed by atoms with Crippen LogP contribution < -0.4 is 0 Å². The van der Waals surface area contributed by atoms with Gasteiger partial charge in [0.2, 0.25) is 0 Å².